The molecular weight excluding hydrogens is 336 g/mol. The fourth-order valence-electron chi connectivity index (χ4n) is 3.06. The van der Waals surface area contributed by atoms with Gasteiger partial charge in [0.2, 0.25) is 5.88 Å². The van der Waals surface area contributed by atoms with E-state index in [0.717, 1.165) is 49.1 Å². The zero-order chi connectivity index (χ0) is 17.2. The van der Waals surface area contributed by atoms with E-state index in [0.29, 0.717) is 5.88 Å². The van der Waals surface area contributed by atoms with E-state index < -0.39 is 0 Å². The molecule has 3 aromatic rings. The van der Waals surface area contributed by atoms with Crippen molar-refractivity contribution in [3.63, 3.8) is 0 Å². The summed E-state index contributed by atoms with van der Waals surface area (Å²) in [6.07, 6.45) is 6.11. The lowest BCUT2D eigenvalue weighted by Gasteiger charge is -2.36. The average molecular weight is 356 g/mol. The van der Waals surface area contributed by atoms with E-state index in [9.17, 15) is 0 Å². The van der Waals surface area contributed by atoms with Crippen LogP contribution in [0.1, 0.15) is 11.8 Å². The summed E-state index contributed by atoms with van der Waals surface area (Å²) in [4.78, 5) is 24.6. The minimum atomic E-state index is 0.544. The molecule has 0 atom stereocenters. The molecule has 1 aliphatic rings. The minimum absolute atomic E-state index is 0.544. The van der Waals surface area contributed by atoms with Gasteiger partial charge >= 0.3 is 0 Å². The quantitative estimate of drug-likeness (QED) is 0.711. The van der Waals surface area contributed by atoms with Gasteiger partial charge in [0.1, 0.15) is 17.0 Å². The van der Waals surface area contributed by atoms with Gasteiger partial charge in [0.25, 0.3) is 0 Å². The number of hydrogen-bond donors (Lipinski definition) is 0. The number of methoxy groups -OCH3 is 1. The molecule has 0 N–H and O–H groups in total. The molecule has 0 radical (unpaired) electrons. The van der Waals surface area contributed by atoms with Crippen LogP contribution >= 0.6 is 11.3 Å². The predicted molar refractivity (Wildman–Crippen MR) is 99.8 cm³/mol. The standard InChI is InChI=1S/C17H20N6OS/c1-3-12-8-13-16(19-11-20-17(13)25-12)23-6-4-22(5-7-23)14-9-18-10-15(21-14)24-2/h8-11H,3-7H2,1-2H3. The number of fused-ring (bicyclic) bond motifs is 1. The van der Waals surface area contributed by atoms with Crippen molar-refractivity contribution < 1.29 is 4.74 Å². The Hall–Kier alpha value is -2.48. The Bertz CT molecular complexity index is 874. The molecule has 0 unspecified atom stereocenters. The Balaban J connectivity index is 1.53. The predicted octanol–water partition coefficient (Wildman–Crippen LogP) is 2.38. The van der Waals surface area contributed by atoms with E-state index in [1.165, 1.54) is 10.3 Å². The molecule has 0 aliphatic carbocycles. The molecule has 0 spiro atoms. The first-order chi connectivity index (χ1) is 12.3. The monoisotopic (exact) mass is 356 g/mol. The lowest BCUT2D eigenvalue weighted by atomic mass is 10.2. The van der Waals surface area contributed by atoms with Gasteiger partial charge in [-0.25, -0.2) is 9.97 Å². The Morgan fingerprint density at radius 2 is 1.92 bits per heavy atom. The SMILES string of the molecule is CCc1cc2c(N3CCN(c4cncc(OC)n4)CC3)ncnc2s1. The van der Waals surface area contributed by atoms with Gasteiger partial charge in [-0.1, -0.05) is 6.92 Å². The van der Waals surface area contributed by atoms with Crippen LogP contribution in [0.3, 0.4) is 0 Å². The molecule has 130 valence electrons. The van der Waals surface area contributed by atoms with Crippen molar-refractivity contribution in [3.05, 3.63) is 29.7 Å². The molecule has 3 aromatic heterocycles. The molecule has 0 bridgehead atoms. The lowest BCUT2D eigenvalue weighted by molar-refractivity contribution is 0.395. The van der Waals surface area contributed by atoms with Gasteiger partial charge < -0.3 is 14.5 Å². The van der Waals surface area contributed by atoms with Crippen molar-refractivity contribution in [3.8, 4) is 5.88 Å². The second-order valence-electron chi connectivity index (χ2n) is 5.88. The number of hydrogen-bond acceptors (Lipinski definition) is 8. The van der Waals surface area contributed by atoms with Crippen LogP contribution in [0.2, 0.25) is 0 Å². The number of aryl methyl sites for hydroxylation is 1. The summed E-state index contributed by atoms with van der Waals surface area (Å²) in [5.41, 5.74) is 0. The Labute approximate surface area is 150 Å². The number of thiophene rings is 1. The summed E-state index contributed by atoms with van der Waals surface area (Å²) in [5.74, 6) is 2.44. The second kappa shape index (κ2) is 6.79. The number of nitrogens with zero attached hydrogens (tertiary/aromatic N) is 6. The molecule has 4 rings (SSSR count). The molecule has 1 saturated heterocycles. The molecule has 7 nitrogen and oxygen atoms in total. The van der Waals surface area contributed by atoms with Gasteiger partial charge in [-0.3, -0.25) is 4.98 Å². The third kappa shape index (κ3) is 3.09. The van der Waals surface area contributed by atoms with E-state index in [2.05, 4.69) is 42.7 Å². The minimum Gasteiger partial charge on any atom is -0.480 e. The van der Waals surface area contributed by atoms with Crippen LogP contribution in [0.5, 0.6) is 5.88 Å². The summed E-state index contributed by atoms with van der Waals surface area (Å²) in [5, 5.41) is 1.17. The fourth-order valence-corrected chi connectivity index (χ4v) is 3.99. The highest BCUT2D eigenvalue weighted by Gasteiger charge is 2.22. The number of piperazine rings is 1. The van der Waals surface area contributed by atoms with Gasteiger partial charge in [0, 0.05) is 31.1 Å². The maximum Gasteiger partial charge on any atom is 0.233 e. The van der Waals surface area contributed by atoms with Crippen molar-refractivity contribution in [2.45, 2.75) is 13.3 Å². The zero-order valence-corrected chi connectivity index (χ0v) is 15.2. The maximum absolute atomic E-state index is 5.17. The average Bonchev–Trinajstić information content (AvgIpc) is 3.11. The lowest BCUT2D eigenvalue weighted by Crippen LogP contribution is -2.47. The van der Waals surface area contributed by atoms with E-state index in [4.69, 9.17) is 4.74 Å². The Morgan fingerprint density at radius 3 is 2.68 bits per heavy atom. The first-order valence-corrected chi connectivity index (χ1v) is 9.19. The van der Waals surface area contributed by atoms with Crippen molar-refractivity contribution in [2.24, 2.45) is 0 Å². The first kappa shape index (κ1) is 16.0. The van der Waals surface area contributed by atoms with E-state index >= 15 is 0 Å². The smallest absolute Gasteiger partial charge is 0.233 e. The molecule has 0 aromatic carbocycles. The highest BCUT2D eigenvalue weighted by atomic mass is 32.1. The Kier molecular flexibility index (Phi) is 4.35. The first-order valence-electron chi connectivity index (χ1n) is 8.38. The third-order valence-corrected chi connectivity index (χ3v) is 5.61. The Morgan fingerprint density at radius 1 is 1.12 bits per heavy atom. The van der Waals surface area contributed by atoms with E-state index in [1.807, 2.05) is 0 Å². The van der Waals surface area contributed by atoms with E-state index in [-0.39, 0.29) is 0 Å². The molecule has 4 heterocycles. The summed E-state index contributed by atoms with van der Waals surface area (Å²) in [6, 6.07) is 2.23. The fraction of sp³-hybridized carbons (Fsp3) is 0.412. The second-order valence-corrected chi connectivity index (χ2v) is 6.99. The third-order valence-electron chi connectivity index (χ3n) is 4.42. The van der Waals surface area contributed by atoms with Crippen LogP contribution in [-0.2, 0) is 6.42 Å². The van der Waals surface area contributed by atoms with Crippen molar-refractivity contribution in [1.82, 2.24) is 19.9 Å². The van der Waals surface area contributed by atoms with Gasteiger partial charge in [0.05, 0.1) is 24.9 Å². The summed E-state index contributed by atoms with van der Waals surface area (Å²) in [6.45, 7) is 5.70. The van der Waals surface area contributed by atoms with Crippen molar-refractivity contribution in [1.29, 1.82) is 0 Å². The molecule has 25 heavy (non-hydrogen) atoms. The topological polar surface area (TPSA) is 67.3 Å². The van der Waals surface area contributed by atoms with Crippen LogP contribution in [0, 0.1) is 0 Å². The van der Waals surface area contributed by atoms with Crippen molar-refractivity contribution >= 4 is 33.2 Å². The summed E-state index contributed by atoms with van der Waals surface area (Å²) >= 11 is 1.76. The van der Waals surface area contributed by atoms with E-state index in [1.54, 1.807) is 37.2 Å². The summed E-state index contributed by atoms with van der Waals surface area (Å²) in [7, 11) is 1.61. The highest BCUT2D eigenvalue weighted by Crippen LogP contribution is 2.31. The van der Waals surface area contributed by atoms with Crippen LogP contribution in [0.15, 0.2) is 24.8 Å². The van der Waals surface area contributed by atoms with Gasteiger partial charge in [-0.05, 0) is 12.5 Å². The van der Waals surface area contributed by atoms with Crippen LogP contribution in [0.4, 0.5) is 11.6 Å². The molecule has 1 fully saturated rings. The molecule has 8 heteroatoms. The maximum atomic E-state index is 5.17. The van der Waals surface area contributed by atoms with Crippen LogP contribution in [-0.4, -0.2) is 53.2 Å². The number of ether oxygens (including phenoxy) is 1. The zero-order valence-electron chi connectivity index (χ0n) is 14.3. The molecule has 0 saturated carbocycles. The largest absolute Gasteiger partial charge is 0.480 e. The molecular formula is C17H20N6OS. The van der Waals surface area contributed by atoms with Gasteiger partial charge in [0.15, 0.2) is 5.82 Å². The van der Waals surface area contributed by atoms with Crippen LogP contribution in [0.25, 0.3) is 10.2 Å². The normalized spacial score (nSPS) is 15.0. The summed E-state index contributed by atoms with van der Waals surface area (Å²) < 4.78 is 5.17. The highest BCUT2D eigenvalue weighted by molar-refractivity contribution is 7.18. The molecule has 1 aliphatic heterocycles. The van der Waals surface area contributed by atoms with Gasteiger partial charge in [-0.15, -0.1) is 11.3 Å². The van der Waals surface area contributed by atoms with Crippen molar-refractivity contribution in [2.75, 3.05) is 43.1 Å². The number of aromatic nitrogens is 4. The van der Waals surface area contributed by atoms with Gasteiger partial charge in [-0.2, -0.15) is 4.98 Å². The number of anilines is 2. The number of rotatable bonds is 4. The van der Waals surface area contributed by atoms with Crippen LogP contribution < -0.4 is 14.5 Å². The molecule has 0 amide bonds.